The first-order valence-electron chi connectivity index (χ1n) is 8.38. The number of carbonyl (C=O) groups is 2. The van der Waals surface area contributed by atoms with Gasteiger partial charge in [0, 0.05) is 27.1 Å². The van der Waals surface area contributed by atoms with Crippen LogP contribution in [0.1, 0.15) is 35.4 Å². The van der Waals surface area contributed by atoms with E-state index in [0.29, 0.717) is 17.4 Å². The van der Waals surface area contributed by atoms with Gasteiger partial charge in [-0.2, -0.15) is 0 Å². The number of nitrogens with zero attached hydrogens (tertiary/aromatic N) is 3. The van der Waals surface area contributed by atoms with Crippen molar-refractivity contribution in [2.45, 2.75) is 32.2 Å². The highest BCUT2D eigenvalue weighted by Gasteiger charge is 2.16. The molecular formula is C18H21N3O4. The maximum absolute atomic E-state index is 12.7. The van der Waals surface area contributed by atoms with Gasteiger partial charge in [0.2, 0.25) is 0 Å². The molecule has 0 saturated carbocycles. The molecule has 0 saturated heterocycles. The summed E-state index contributed by atoms with van der Waals surface area (Å²) in [4.78, 5) is 42.3. The van der Waals surface area contributed by atoms with E-state index in [9.17, 15) is 14.4 Å². The molecule has 1 aromatic carbocycles. The zero-order valence-electron chi connectivity index (χ0n) is 14.4. The van der Waals surface area contributed by atoms with Crippen molar-refractivity contribution in [1.82, 2.24) is 14.5 Å². The molecular weight excluding hydrogens is 322 g/mol. The number of aromatic nitrogens is 2. The van der Waals surface area contributed by atoms with E-state index >= 15 is 0 Å². The molecule has 0 spiro atoms. The van der Waals surface area contributed by atoms with E-state index in [0.717, 1.165) is 31.5 Å². The lowest BCUT2D eigenvalue weighted by molar-refractivity contribution is -0.131. The van der Waals surface area contributed by atoms with Crippen molar-refractivity contribution in [2.75, 3.05) is 20.7 Å². The average molecular weight is 343 g/mol. The fourth-order valence-electron chi connectivity index (χ4n) is 2.88. The molecule has 2 aromatic rings. The van der Waals surface area contributed by atoms with Crippen molar-refractivity contribution in [3.05, 3.63) is 39.9 Å². The summed E-state index contributed by atoms with van der Waals surface area (Å²) in [7, 11) is 3.19. The minimum absolute atomic E-state index is 0.0652. The highest BCUT2D eigenvalue weighted by molar-refractivity contribution is 5.95. The fourth-order valence-corrected chi connectivity index (χ4v) is 2.88. The van der Waals surface area contributed by atoms with Crippen LogP contribution in [0.4, 0.5) is 0 Å². The topological polar surface area (TPSA) is 81.5 Å². The number of benzene rings is 1. The molecule has 2 heterocycles. The number of rotatable bonds is 3. The molecule has 0 unspecified atom stereocenters. The Hall–Kier alpha value is -2.70. The van der Waals surface area contributed by atoms with Crippen LogP contribution in [0.15, 0.2) is 23.0 Å². The maximum Gasteiger partial charge on any atom is 0.338 e. The highest BCUT2D eigenvalue weighted by Crippen LogP contribution is 2.16. The lowest BCUT2D eigenvalue weighted by atomic mass is 10.1. The average Bonchev–Trinajstić information content (AvgIpc) is 2.84. The first kappa shape index (κ1) is 17.1. The Morgan fingerprint density at radius 3 is 2.80 bits per heavy atom. The predicted molar refractivity (Wildman–Crippen MR) is 92.5 cm³/mol. The minimum atomic E-state index is -0.603. The van der Waals surface area contributed by atoms with Crippen molar-refractivity contribution < 1.29 is 14.3 Å². The lowest BCUT2D eigenvalue weighted by Gasteiger charge is -2.12. The summed E-state index contributed by atoms with van der Waals surface area (Å²) in [5, 5.41) is 0.492. The van der Waals surface area contributed by atoms with Gasteiger partial charge in [-0.1, -0.05) is 6.42 Å². The van der Waals surface area contributed by atoms with E-state index in [2.05, 4.69) is 4.98 Å². The molecule has 0 aliphatic carbocycles. The molecule has 1 amide bonds. The number of amides is 1. The Bertz CT molecular complexity index is 886. The summed E-state index contributed by atoms with van der Waals surface area (Å²) in [6, 6.07) is 4.70. The first-order chi connectivity index (χ1) is 12.0. The van der Waals surface area contributed by atoms with Crippen molar-refractivity contribution in [2.24, 2.45) is 0 Å². The third-order valence-corrected chi connectivity index (χ3v) is 4.38. The van der Waals surface area contributed by atoms with Crippen LogP contribution in [0, 0.1) is 0 Å². The zero-order valence-corrected chi connectivity index (χ0v) is 14.4. The molecule has 0 N–H and O–H groups in total. The van der Waals surface area contributed by atoms with E-state index in [4.69, 9.17) is 4.74 Å². The van der Waals surface area contributed by atoms with E-state index in [1.807, 2.05) is 0 Å². The van der Waals surface area contributed by atoms with Gasteiger partial charge in [-0.3, -0.25) is 14.2 Å². The molecule has 7 nitrogen and oxygen atoms in total. The van der Waals surface area contributed by atoms with Crippen LogP contribution in [0.25, 0.3) is 10.9 Å². The standard InChI is InChI=1S/C18H21N3O4/c1-20(2)16(22)11-25-18(24)12-7-8-13-14(10-12)19-15-6-4-3-5-9-21(15)17(13)23/h7-8,10H,3-6,9,11H2,1-2H3. The van der Waals surface area contributed by atoms with Crippen LogP contribution in [-0.2, 0) is 22.5 Å². The minimum Gasteiger partial charge on any atom is -0.452 e. The van der Waals surface area contributed by atoms with Gasteiger partial charge in [-0.25, -0.2) is 9.78 Å². The fraction of sp³-hybridized carbons (Fsp3) is 0.444. The van der Waals surface area contributed by atoms with Crippen LogP contribution in [0.2, 0.25) is 0 Å². The van der Waals surface area contributed by atoms with Gasteiger partial charge in [0.25, 0.3) is 11.5 Å². The van der Waals surface area contributed by atoms with Gasteiger partial charge in [-0.05, 0) is 31.0 Å². The molecule has 0 bridgehead atoms. The van der Waals surface area contributed by atoms with Crippen LogP contribution in [0.5, 0.6) is 0 Å². The third-order valence-electron chi connectivity index (χ3n) is 4.38. The Balaban J connectivity index is 1.91. The molecule has 0 atom stereocenters. The molecule has 3 rings (SSSR count). The number of fused-ring (bicyclic) bond motifs is 2. The van der Waals surface area contributed by atoms with Gasteiger partial charge in [-0.15, -0.1) is 0 Å². The largest absolute Gasteiger partial charge is 0.452 e. The first-order valence-corrected chi connectivity index (χ1v) is 8.38. The quantitative estimate of drug-likeness (QED) is 0.786. The molecule has 0 fully saturated rings. The van der Waals surface area contributed by atoms with Crippen molar-refractivity contribution in [3.8, 4) is 0 Å². The monoisotopic (exact) mass is 343 g/mol. The summed E-state index contributed by atoms with van der Waals surface area (Å²) in [5.74, 6) is -0.131. The van der Waals surface area contributed by atoms with Crippen molar-refractivity contribution in [1.29, 1.82) is 0 Å². The van der Waals surface area contributed by atoms with E-state index in [1.54, 1.807) is 30.8 Å². The normalized spacial score (nSPS) is 13.8. The van der Waals surface area contributed by atoms with Crippen LogP contribution >= 0.6 is 0 Å². The summed E-state index contributed by atoms with van der Waals surface area (Å²) in [6.07, 6.45) is 3.82. The second kappa shape index (κ2) is 7.04. The van der Waals surface area contributed by atoms with Crippen molar-refractivity contribution >= 4 is 22.8 Å². The Morgan fingerprint density at radius 2 is 2.04 bits per heavy atom. The Labute approximate surface area is 145 Å². The number of hydrogen-bond donors (Lipinski definition) is 0. The van der Waals surface area contributed by atoms with Crippen LogP contribution in [-0.4, -0.2) is 47.0 Å². The Kier molecular flexibility index (Phi) is 4.83. The lowest BCUT2D eigenvalue weighted by Crippen LogP contribution is -2.27. The van der Waals surface area contributed by atoms with Gasteiger partial charge in [0.1, 0.15) is 5.82 Å². The number of likely N-dealkylation sites (N-methyl/N-ethyl adjacent to an activating group) is 1. The van der Waals surface area contributed by atoms with Crippen molar-refractivity contribution in [3.63, 3.8) is 0 Å². The van der Waals surface area contributed by atoms with E-state index in [-0.39, 0.29) is 23.6 Å². The second-order valence-electron chi connectivity index (χ2n) is 6.39. The summed E-state index contributed by atoms with van der Waals surface area (Å²) in [5.41, 5.74) is 0.709. The summed E-state index contributed by atoms with van der Waals surface area (Å²) in [6.45, 7) is 0.373. The van der Waals surface area contributed by atoms with E-state index in [1.165, 1.54) is 11.0 Å². The molecule has 7 heteroatoms. The van der Waals surface area contributed by atoms with E-state index < -0.39 is 5.97 Å². The molecule has 25 heavy (non-hydrogen) atoms. The van der Waals surface area contributed by atoms with Crippen LogP contribution < -0.4 is 5.56 Å². The molecule has 132 valence electrons. The number of hydrogen-bond acceptors (Lipinski definition) is 5. The predicted octanol–water partition coefficient (Wildman–Crippen LogP) is 1.37. The van der Waals surface area contributed by atoms with Gasteiger partial charge >= 0.3 is 5.97 Å². The molecule has 1 aliphatic rings. The van der Waals surface area contributed by atoms with Gasteiger partial charge in [0.05, 0.1) is 16.5 Å². The van der Waals surface area contributed by atoms with Crippen LogP contribution in [0.3, 0.4) is 0 Å². The number of aryl methyl sites for hydroxylation is 1. The smallest absolute Gasteiger partial charge is 0.338 e. The number of ether oxygens (including phenoxy) is 1. The second-order valence-corrected chi connectivity index (χ2v) is 6.39. The van der Waals surface area contributed by atoms with Gasteiger partial charge < -0.3 is 9.64 Å². The number of esters is 1. The molecule has 1 aliphatic heterocycles. The third kappa shape index (κ3) is 3.55. The zero-order chi connectivity index (χ0) is 18.0. The van der Waals surface area contributed by atoms with Gasteiger partial charge in [0.15, 0.2) is 6.61 Å². The summed E-state index contributed by atoms with van der Waals surface area (Å²) < 4.78 is 6.76. The number of carbonyl (C=O) groups excluding carboxylic acids is 2. The Morgan fingerprint density at radius 1 is 1.24 bits per heavy atom. The highest BCUT2D eigenvalue weighted by atomic mass is 16.5. The summed E-state index contributed by atoms with van der Waals surface area (Å²) >= 11 is 0. The maximum atomic E-state index is 12.7. The SMILES string of the molecule is CN(C)C(=O)COC(=O)c1ccc2c(=O)n3c(nc2c1)CCCCC3. The molecule has 1 aromatic heterocycles. The molecule has 0 radical (unpaired) electrons.